The lowest BCUT2D eigenvalue weighted by atomic mass is 10.2. The van der Waals surface area contributed by atoms with Gasteiger partial charge >= 0.3 is 5.97 Å². The van der Waals surface area contributed by atoms with E-state index in [0.717, 1.165) is 16.1 Å². The second-order valence-electron chi connectivity index (χ2n) is 5.77. The molecule has 0 aliphatic rings. The maximum atomic E-state index is 12.1. The summed E-state index contributed by atoms with van der Waals surface area (Å²) in [5, 5.41) is 2.72. The molecule has 0 aliphatic carbocycles. The highest BCUT2D eigenvalue weighted by molar-refractivity contribution is 7.92. The average molecular weight is 391 g/mol. The Morgan fingerprint density at radius 3 is 2.63 bits per heavy atom. The summed E-state index contributed by atoms with van der Waals surface area (Å²) in [6.45, 7) is 0.256. The lowest BCUT2D eigenvalue weighted by Crippen LogP contribution is -2.34. The number of nitrogens with one attached hydrogen (secondary N) is 1. The first kappa shape index (κ1) is 20.4. The number of benzene rings is 1. The van der Waals surface area contributed by atoms with E-state index in [9.17, 15) is 18.0 Å². The number of aromatic nitrogens is 1. The maximum absolute atomic E-state index is 12.1. The molecule has 1 heterocycles. The highest BCUT2D eigenvalue weighted by Crippen LogP contribution is 2.20. The quantitative estimate of drug-likeness (QED) is 0.681. The molecule has 1 aromatic carbocycles. The Balaban J connectivity index is 2.05. The molecule has 2 rings (SSSR count). The van der Waals surface area contributed by atoms with Crippen LogP contribution < -0.4 is 9.62 Å². The van der Waals surface area contributed by atoms with Crippen LogP contribution in [-0.2, 0) is 26.1 Å². The fourth-order valence-electron chi connectivity index (χ4n) is 2.39. The molecule has 1 amide bonds. The summed E-state index contributed by atoms with van der Waals surface area (Å²) < 4.78 is 30.0. The summed E-state index contributed by atoms with van der Waals surface area (Å²) in [4.78, 5) is 27.7. The van der Waals surface area contributed by atoms with Crippen LogP contribution in [0.25, 0.3) is 0 Å². The first-order valence-electron chi connectivity index (χ1n) is 8.13. The van der Waals surface area contributed by atoms with Crippen LogP contribution in [0.4, 0.5) is 5.69 Å². The third-order valence-corrected chi connectivity index (χ3v) is 4.90. The summed E-state index contributed by atoms with van der Waals surface area (Å²) in [7, 11) is -2.39. The van der Waals surface area contributed by atoms with Gasteiger partial charge in [-0.05, 0) is 29.8 Å². The van der Waals surface area contributed by atoms with Gasteiger partial charge in [-0.3, -0.25) is 14.1 Å². The summed E-state index contributed by atoms with van der Waals surface area (Å²) in [5.41, 5.74) is 1.36. The van der Waals surface area contributed by atoms with E-state index in [-0.39, 0.29) is 24.4 Å². The third-order valence-electron chi connectivity index (χ3n) is 3.71. The molecule has 9 heteroatoms. The molecule has 8 nitrogen and oxygen atoms in total. The van der Waals surface area contributed by atoms with Crippen LogP contribution in [0.5, 0.6) is 0 Å². The Bertz CT molecular complexity index is 900. The van der Waals surface area contributed by atoms with E-state index in [1.807, 2.05) is 6.07 Å². The van der Waals surface area contributed by atoms with Gasteiger partial charge in [0.15, 0.2) is 0 Å². The average Bonchev–Trinajstić information content (AvgIpc) is 2.66. The lowest BCUT2D eigenvalue weighted by molar-refractivity contribution is -0.121. The molecule has 1 N–H and O–H groups in total. The number of sulfonamides is 1. The van der Waals surface area contributed by atoms with Crippen molar-refractivity contribution in [3.8, 4) is 0 Å². The topological polar surface area (TPSA) is 106 Å². The van der Waals surface area contributed by atoms with Crippen LogP contribution in [0, 0.1) is 0 Å². The second kappa shape index (κ2) is 9.13. The first-order valence-corrected chi connectivity index (χ1v) is 9.98. The Hall–Kier alpha value is -2.94. The minimum atomic E-state index is -3.64. The molecule has 0 atom stereocenters. The van der Waals surface area contributed by atoms with Gasteiger partial charge in [0, 0.05) is 31.9 Å². The number of pyridine rings is 1. The predicted molar refractivity (Wildman–Crippen MR) is 101 cm³/mol. The zero-order chi connectivity index (χ0) is 19.9. The van der Waals surface area contributed by atoms with E-state index < -0.39 is 16.0 Å². The van der Waals surface area contributed by atoms with Crippen molar-refractivity contribution in [2.45, 2.75) is 13.0 Å². The van der Waals surface area contributed by atoms with Gasteiger partial charge < -0.3 is 10.1 Å². The number of methoxy groups -OCH3 is 1. The van der Waals surface area contributed by atoms with Crippen molar-refractivity contribution in [1.82, 2.24) is 10.3 Å². The number of hydrogen-bond donors (Lipinski definition) is 1. The molecular formula is C18H21N3O5S. The van der Waals surface area contributed by atoms with Crippen molar-refractivity contribution in [3.63, 3.8) is 0 Å². The number of nitrogens with zero attached hydrogens (tertiary/aromatic N) is 2. The van der Waals surface area contributed by atoms with Crippen LogP contribution in [0.2, 0.25) is 0 Å². The van der Waals surface area contributed by atoms with Crippen molar-refractivity contribution >= 4 is 27.6 Å². The number of carbonyl (C=O) groups is 2. The summed E-state index contributed by atoms with van der Waals surface area (Å²) in [6.07, 6.45) is 4.29. The van der Waals surface area contributed by atoms with Gasteiger partial charge in [0.2, 0.25) is 15.9 Å². The Morgan fingerprint density at radius 2 is 2.00 bits per heavy atom. The summed E-state index contributed by atoms with van der Waals surface area (Å²) in [6, 6.07) is 9.65. The van der Waals surface area contributed by atoms with Crippen molar-refractivity contribution in [2.75, 3.05) is 24.2 Å². The van der Waals surface area contributed by atoms with E-state index >= 15 is 0 Å². The summed E-state index contributed by atoms with van der Waals surface area (Å²) in [5.74, 6) is -0.865. The van der Waals surface area contributed by atoms with Crippen LogP contribution in [0.15, 0.2) is 48.8 Å². The van der Waals surface area contributed by atoms with E-state index in [4.69, 9.17) is 0 Å². The molecule has 0 aliphatic heterocycles. The second-order valence-corrected chi connectivity index (χ2v) is 7.67. The standard InChI is InChI=1S/C18H21N3O5S/c1-26-18(23)15-6-3-7-16(11-15)21(27(2,24)25)10-8-17(22)20-13-14-5-4-9-19-12-14/h3-7,9,11-12H,8,10,13H2,1-2H3,(H,20,22). The monoisotopic (exact) mass is 391 g/mol. The van der Waals surface area contributed by atoms with Crippen LogP contribution in [0.1, 0.15) is 22.3 Å². The van der Waals surface area contributed by atoms with Gasteiger partial charge in [0.05, 0.1) is 24.6 Å². The number of amides is 1. The van der Waals surface area contributed by atoms with Crippen molar-refractivity contribution in [2.24, 2.45) is 0 Å². The minimum absolute atomic E-state index is 0.0320. The van der Waals surface area contributed by atoms with Gasteiger partial charge in [-0.25, -0.2) is 13.2 Å². The number of rotatable bonds is 8. The van der Waals surface area contributed by atoms with E-state index in [0.29, 0.717) is 12.2 Å². The van der Waals surface area contributed by atoms with Gasteiger partial charge in [0.1, 0.15) is 0 Å². The molecular weight excluding hydrogens is 370 g/mol. The molecule has 0 saturated heterocycles. The molecule has 27 heavy (non-hydrogen) atoms. The van der Waals surface area contributed by atoms with Crippen molar-refractivity contribution in [3.05, 3.63) is 59.9 Å². The molecule has 0 bridgehead atoms. The molecule has 144 valence electrons. The minimum Gasteiger partial charge on any atom is -0.465 e. The summed E-state index contributed by atoms with van der Waals surface area (Å²) >= 11 is 0. The number of esters is 1. The zero-order valence-electron chi connectivity index (χ0n) is 15.1. The van der Waals surface area contributed by atoms with Crippen LogP contribution >= 0.6 is 0 Å². The van der Waals surface area contributed by atoms with Crippen LogP contribution in [-0.4, -0.2) is 45.2 Å². The number of carbonyl (C=O) groups excluding carboxylic acids is 2. The number of hydrogen-bond acceptors (Lipinski definition) is 6. The highest BCUT2D eigenvalue weighted by Gasteiger charge is 2.20. The highest BCUT2D eigenvalue weighted by atomic mass is 32.2. The van der Waals surface area contributed by atoms with Gasteiger partial charge in [-0.1, -0.05) is 12.1 Å². The predicted octanol–water partition coefficient (Wildman–Crippen LogP) is 1.34. The van der Waals surface area contributed by atoms with E-state index in [2.05, 4.69) is 15.0 Å². The van der Waals surface area contributed by atoms with Gasteiger partial charge in [-0.15, -0.1) is 0 Å². The lowest BCUT2D eigenvalue weighted by Gasteiger charge is -2.22. The molecule has 0 fully saturated rings. The normalized spacial score (nSPS) is 10.9. The first-order chi connectivity index (χ1) is 12.8. The number of anilines is 1. The van der Waals surface area contributed by atoms with E-state index in [1.54, 1.807) is 30.6 Å². The van der Waals surface area contributed by atoms with Gasteiger partial charge in [-0.2, -0.15) is 0 Å². The van der Waals surface area contributed by atoms with Crippen molar-refractivity contribution in [1.29, 1.82) is 0 Å². The Kier molecular flexibility index (Phi) is 6.89. The number of ether oxygens (including phenoxy) is 1. The molecule has 0 radical (unpaired) electrons. The van der Waals surface area contributed by atoms with E-state index in [1.165, 1.54) is 19.2 Å². The molecule has 0 saturated carbocycles. The molecule has 0 spiro atoms. The Morgan fingerprint density at radius 1 is 1.22 bits per heavy atom. The van der Waals surface area contributed by atoms with Gasteiger partial charge in [0.25, 0.3) is 0 Å². The largest absolute Gasteiger partial charge is 0.465 e. The molecule has 1 aromatic heterocycles. The fraction of sp³-hybridized carbons (Fsp3) is 0.278. The smallest absolute Gasteiger partial charge is 0.337 e. The SMILES string of the molecule is COC(=O)c1cccc(N(CCC(=O)NCc2cccnc2)S(C)(=O)=O)c1. The maximum Gasteiger partial charge on any atom is 0.337 e. The van der Waals surface area contributed by atoms with Crippen LogP contribution in [0.3, 0.4) is 0 Å². The Labute approximate surface area is 158 Å². The molecule has 0 unspecified atom stereocenters. The van der Waals surface area contributed by atoms with Crippen molar-refractivity contribution < 1.29 is 22.7 Å². The fourth-order valence-corrected chi connectivity index (χ4v) is 3.31. The third kappa shape index (κ3) is 6.07. The zero-order valence-corrected chi connectivity index (χ0v) is 15.9. The molecule has 2 aromatic rings.